The van der Waals surface area contributed by atoms with Gasteiger partial charge in [-0.05, 0) is 18.9 Å². The Morgan fingerprint density at radius 3 is 2.67 bits per heavy atom. The number of hydrogen-bond donors (Lipinski definition) is 0. The molecule has 0 aromatic heterocycles. The molecule has 3 nitrogen and oxygen atoms in total. The SMILES string of the molecule is CCN1CCN(CC=O)C(CC(C)C)C1. The van der Waals surface area contributed by atoms with Gasteiger partial charge in [0.05, 0.1) is 6.54 Å². The first-order valence-corrected chi connectivity index (χ1v) is 6.07. The van der Waals surface area contributed by atoms with Crippen molar-refractivity contribution >= 4 is 6.29 Å². The number of carbonyl (C=O) groups is 1. The molecule has 1 heterocycles. The van der Waals surface area contributed by atoms with Crippen molar-refractivity contribution in [1.82, 2.24) is 9.80 Å². The zero-order chi connectivity index (χ0) is 11.3. The summed E-state index contributed by atoms with van der Waals surface area (Å²) in [4.78, 5) is 15.4. The fourth-order valence-electron chi connectivity index (χ4n) is 2.35. The van der Waals surface area contributed by atoms with Gasteiger partial charge in [-0.15, -0.1) is 0 Å². The van der Waals surface area contributed by atoms with E-state index in [0.717, 1.165) is 32.5 Å². The summed E-state index contributed by atoms with van der Waals surface area (Å²) in [6, 6.07) is 0.573. The van der Waals surface area contributed by atoms with Crippen LogP contribution in [-0.2, 0) is 4.79 Å². The minimum Gasteiger partial charge on any atom is -0.302 e. The van der Waals surface area contributed by atoms with Gasteiger partial charge in [0.1, 0.15) is 6.29 Å². The lowest BCUT2D eigenvalue weighted by atomic mass is 10.00. The van der Waals surface area contributed by atoms with Crippen LogP contribution in [0.4, 0.5) is 0 Å². The molecule has 0 amide bonds. The molecule has 15 heavy (non-hydrogen) atoms. The molecular formula is C12H24N2O. The van der Waals surface area contributed by atoms with Crippen molar-refractivity contribution in [2.75, 3.05) is 32.7 Å². The van der Waals surface area contributed by atoms with Crippen molar-refractivity contribution in [2.45, 2.75) is 33.2 Å². The van der Waals surface area contributed by atoms with E-state index < -0.39 is 0 Å². The van der Waals surface area contributed by atoms with E-state index in [2.05, 4.69) is 30.6 Å². The molecule has 0 saturated carbocycles. The third-order valence-electron chi connectivity index (χ3n) is 3.19. The molecule has 1 rings (SSSR count). The first kappa shape index (κ1) is 12.7. The van der Waals surface area contributed by atoms with E-state index in [0.29, 0.717) is 18.5 Å². The van der Waals surface area contributed by atoms with Crippen LogP contribution in [0.25, 0.3) is 0 Å². The van der Waals surface area contributed by atoms with Crippen molar-refractivity contribution in [2.24, 2.45) is 5.92 Å². The molecule has 0 radical (unpaired) electrons. The second kappa shape index (κ2) is 6.23. The molecule has 0 aliphatic carbocycles. The van der Waals surface area contributed by atoms with E-state index in [1.807, 2.05) is 0 Å². The lowest BCUT2D eigenvalue weighted by molar-refractivity contribution is -0.110. The second-order valence-electron chi connectivity index (χ2n) is 4.84. The summed E-state index contributed by atoms with van der Waals surface area (Å²) < 4.78 is 0. The van der Waals surface area contributed by atoms with E-state index in [1.54, 1.807) is 0 Å². The highest BCUT2D eigenvalue weighted by Crippen LogP contribution is 2.16. The molecule has 3 heteroatoms. The van der Waals surface area contributed by atoms with E-state index in [9.17, 15) is 4.79 Å². The molecule has 0 aromatic rings. The van der Waals surface area contributed by atoms with Crippen LogP contribution in [-0.4, -0.2) is 54.9 Å². The molecule has 1 saturated heterocycles. The zero-order valence-electron chi connectivity index (χ0n) is 10.3. The summed E-state index contributed by atoms with van der Waals surface area (Å²) in [5.41, 5.74) is 0. The minimum absolute atomic E-state index is 0.573. The van der Waals surface area contributed by atoms with Crippen molar-refractivity contribution in [3.63, 3.8) is 0 Å². The van der Waals surface area contributed by atoms with Gasteiger partial charge in [-0.3, -0.25) is 4.90 Å². The molecule has 1 aliphatic rings. The predicted molar refractivity (Wildman–Crippen MR) is 63.0 cm³/mol. The molecule has 0 bridgehead atoms. The first-order chi connectivity index (χ1) is 7.17. The third-order valence-corrected chi connectivity index (χ3v) is 3.19. The molecule has 0 spiro atoms. The largest absolute Gasteiger partial charge is 0.302 e. The highest BCUT2D eigenvalue weighted by molar-refractivity contribution is 5.52. The topological polar surface area (TPSA) is 23.6 Å². The molecule has 0 N–H and O–H groups in total. The van der Waals surface area contributed by atoms with Gasteiger partial charge in [-0.1, -0.05) is 20.8 Å². The van der Waals surface area contributed by atoms with Gasteiger partial charge in [-0.25, -0.2) is 0 Å². The molecule has 1 unspecified atom stereocenters. The van der Waals surface area contributed by atoms with Gasteiger partial charge in [0.15, 0.2) is 0 Å². The molecule has 0 aromatic carbocycles. The Labute approximate surface area is 93.4 Å². The van der Waals surface area contributed by atoms with Gasteiger partial charge in [0.25, 0.3) is 0 Å². The Bertz CT molecular complexity index is 194. The average molecular weight is 212 g/mol. The maximum Gasteiger partial charge on any atom is 0.133 e. The van der Waals surface area contributed by atoms with Crippen LogP contribution < -0.4 is 0 Å². The molecule has 1 fully saturated rings. The fraction of sp³-hybridized carbons (Fsp3) is 0.917. The molecule has 1 aliphatic heterocycles. The van der Waals surface area contributed by atoms with Crippen LogP contribution in [0.15, 0.2) is 0 Å². The summed E-state index contributed by atoms with van der Waals surface area (Å²) in [6.45, 7) is 11.7. The van der Waals surface area contributed by atoms with Crippen molar-refractivity contribution in [3.05, 3.63) is 0 Å². The number of rotatable bonds is 5. The zero-order valence-corrected chi connectivity index (χ0v) is 10.3. The van der Waals surface area contributed by atoms with Crippen LogP contribution in [0.5, 0.6) is 0 Å². The smallest absolute Gasteiger partial charge is 0.133 e. The highest BCUT2D eigenvalue weighted by Gasteiger charge is 2.26. The molecule has 1 atom stereocenters. The van der Waals surface area contributed by atoms with E-state index in [1.165, 1.54) is 6.42 Å². The Morgan fingerprint density at radius 1 is 1.40 bits per heavy atom. The van der Waals surface area contributed by atoms with E-state index in [-0.39, 0.29) is 0 Å². The van der Waals surface area contributed by atoms with Crippen LogP contribution in [0.3, 0.4) is 0 Å². The first-order valence-electron chi connectivity index (χ1n) is 6.07. The number of hydrogen-bond acceptors (Lipinski definition) is 3. The van der Waals surface area contributed by atoms with Crippen LogP contribution in [0.2, 0.25) is 0 Å². The maximum atomic E-state index is 10.6. The highest BCUT2D eigenvalue weighted by atomic mass is 16.1. The minimum atomic E-state index is 0.573. The van der Waals surface area contributed by atoms with Crippen LogP contribution >= 0.6 is 0 Å². The summed E-state index contributed by atoms with van der Waals surface area (Å²) in [5.74, 6) is 0.709. The van der Waals surface area contributed by atoms with Crippen molar-refractivity contribution < 1.29 is 4.79 Å². The number of aldehydes is 1. The fourth-order valence-corrected chi connectivity index (χ4v) is 2.35. The van der Waals surface area contributed by atoms with E-state index in [4.69, 9.17) is 0 Å². The van der Waals surface area contributed by atoms with Crippen LogP contribution in [0.1, 0.15) is 27.2 Å². The van der Waals surface area contributed by atoms with Crippen molar-refractivity contribution in [3.8, 4) is 0 Å². The summed E-state index contributed by atoms with van der Waals surface area (Å²) in [7, 11) is 0. The van der Waals surface area contributed by atoms with Gasteiger partial charge in [0, 0.05) is 25.7 Å². The monoisotopic (exact) mass is 212 g/mol. The standard InChI is InChI=1S/C12H24N2O/c1-4-13-5-6-14(7-8-15)12(10-13)9-11(2)3/h8,11-12H,4-7,9-10H2,1-3H3. The third kappa shape index (κ3) is 3.92. The predicted octanol–water partition coefficient (Wildman–Crippen LogP) is 1.24. The quantitative estimate of drug-likeness (QED) is 0.641. The maximum absolute atomic E-state index is 10.6. The van der Waals surface area contributed by atoms with Gasteiger partial charge in [-0.2, -0.15) is 0 Å². The number of likely N-dealkylation sites (N-methyl/N-ethyl adjacent to an activating group) is 1. The lowest BCUT2D eigenvalue weighted by Gasteiger charge is -2.41. The number of nitrogens with zero attached hydrogens (tertiary/aromatic N) is 2. The van der Waals surface area contributed by atoms with E-state index >= 15 is 0 Å². The van der Waals surface area contributed by atoms with Crippen molar-refractivity contribution in [1.29, 1.82) is 0 Å². The van der Waals surface area contributed by atoms with Gasteiger partial charge >= 0.3 is 0 Å². The summed E-state index contributed by atoms with van der Waals surface area (Å²) in [5, 5.41) is 0. The Hall–Kier alpha value is -0.410. The molecular weight excluding hydrogens is 188 g/mol. The Morgan fingerprint density at radius 2 is 2.13 bits per heavy atom. The average Bonchev–Trinajstić information content (AvgIpc) is 2.20. The second-order valence-corrected chi connectivity index (χ2v) is 4.84. The summed E-state index contributed by atoms with van der Waals surface area (Å²) in [6.07, 6.45) is 2.24. The molecule has 88 valence electrons. The van der Waals surface area contributed by atoms with Gasteiger partial charge in [0.2, 0.25) is 0 Å². The normalized spacial score (nSPS) is 24.7. The Kier molecular flexibility index (Phi) is 5.26. The van der Waals surface area contributed by atoms with Gasteiger partial charge < -0.3 is 9.69 Å². The Balaban J connectivity index is 2.51. The van der Waals surface area contributed by atoms with Crippen LogP contribution in [0, 0.1) is 5.92 Å². The number of carbonyl (C=O) groups excluding carboxylic acids is 1. The lowest BCUT2D eigenvalue weighted by Crippen LogP contribution is -2.53. The summed E-state index contributed by atoms with van der Waals surface area (Å²) >= 11 is 0. The number of piperazine rings is 1.